The third-order valence-electron chi connectivity index (χ3n) is 4.94. The largest absolute Gasteiger partial charge is 0.469 e. The lowest BCUT2D eigenvalue weighted by atomic mass is 10.0. The molecule has 0 saturated carbocycles. The summed E-state index contributed by atoms with van der Waals surface area (Å²) in [5.74, 6) is -0.869. The zero-order valence-corrected chi connectivity index (χ0v) is 17.0. The summed E-state index contributed by atoms with van der Waals surface area (Å²) >= 11 is 1.56. The molecule has 3 aromatic rings. The number of anilines is 2. The molecule has 1 aliphatic rings. The molecule has 154 valence electrons. The van der Waals surface area contributed by atoms with Gasteiger partial charge >= 0.3 is 11.8 Å². The van der Waals surface area contributed by atoms with E-state index in [-0.39, 0.29) is 18.4 Å². The first-order valence-electron chi connectivity index (χ1n) is 9.68. The van der Waals surface area contributed by atoms with Crippen molar-refractivity contribution in [2.75, 3.05) is 23.3 Å². The van der Waals surface area contributed by atoms with Crippen LogP contribution in [-0.4, -0.2) is 30.8 Å². The molecule has 1 fully saturated rings. The highest BCUT2D eigenvalue weighted by Crippen LogP contribution is 2.28. The van der Waals surface area contributed by atoms with Crippen LogP contribution in [-0.2, 0) is 14.4 Å². The summed E-state index contributed by atoms with van der Waals surface area (Å²) in [7, 11) is 0. The molecule has 30 heavy (non-hydrogen) atoms. The molecule has 1 saturated heterocycles. The highest BCUT2D eigenvalue weighted by atomic mass is 32.1. The Morgan fingerprint density at radius 2 is 2.03 bits per heavy atom. The average Bonchev–Trinajstić information content (AvgIpc) is 3.51. The Labute approximate surface area is 177 Å². The lowest BCUT2D eigenvalue weighted by Crippen LogP contribution is -2.37. The van der Waals surface area contributed by atoms with Crippen molar-refractivity contribution >= 4 is 40.4 Å². The minimum atomic E-state index is -0.760. The summed E-state index contributed by atoms with van der Waals surface area (Å²) in [5, 5.41) is 7.25. The van der Waals surface area contributed by atoms with Gasteiger partial charge < -0.3 is 20.0 Å². The van der Waals surface area contributed by atoms with Gasteiger partial charge in [-0.25, -0.2) is 0 Å². The molecule has 0 bridgehead atoms. The molecule has 2 N–H and O–H groups in total. The van der Waals surface area contributed by atoms with Crippen molar-refractivity contribution in [3.8, 4) is 0 Å². The average molecular weight is 423 g/mol. The number of furan rings is 1. The van der Waals surface area contributed by atoms with Gasteiger partial charge in [0.05, 0.1) is 12.2 Å². The zero-order chi connectivity index (χ0) is 20.9. The number of nitrogens with one attached hydrogen (secondary N) is 2. The molecule has 1 atom stereocenters. The normalized spacial score (nSPS) is 14.5. The van der Waals surface area contributed by atoms with Crippen LogP contribution >= 0.6 is 11.3 Å². The Bertz CT molecular complexity index is 996. The van der Waals surface area contributed by atoms with Gasteiger partial charge in [-0.2, -0.15) is 0 Å². The van der Waals surface area contributed by atoms with Crippen LogP contribution in [0.5, 0.6) is 0 Å². The lowest BCUT2D eigenvalue weighted by Gasteiger charge is -2.17. The van der Waals surface area contributed by atoms with Crippen LogP contribution in [0.3, 0.4) is 0 Å². The molecule has 1 aliphatic heterocycles. The van der Waals surface area contributed by atoms with E-state index in [1.54, 1.807) is 46.8 Å². The number of thiophene rings is 1. The van der Waals surface area contributed by atoms with E-state index < -0.39 is 11.8 Å². The Kier molecular flexibility index (Phi) is 5.94. The maximum absolute atomic E-state index is 12.4. The highest BCUT2D eigenvalue weighted by Gasteiger charge is 2.23. The number of hydrogen-bond donors (Lipinski definition) is 2. The fourth-order valence-electron chi connectivity index (χ4n) is 3.46. The van der Waals surface area contributed by atoms with Crippen LogP contribution in [0, 0.1) is 0 Å². The number of carbonyl (C=O) groups is 3. The third-order valence-corrected chi connectivity index (χ3v) is 5.92. The minimum absolute atomic E-state index is 0.0637. The number of nitrogens with zero attached hydrogens (tertiary/aromatic N) is 1. The Morgan fingerprint density at radius 3 is 2.73 bits per heavy atom. The van der Waals surface area contributed by atoms with E-state index >= 15 is 0 Å². The fraction of sp³-hybridized carbons (Fsp3) is 0.227. The van der Waals surface area contributed by atoms with Gasteiger partial charge in [-0.05, 0) is 48.2 Å². The van der Waals surface area contributed by atoms with Gasteiger partial charge in [0.25, 0.3) is 0 Å². The first-order chi connectivity index (χ1) is 14.6. The molecule has 3 heterocycles. The minimum Gasteiger partial charge on any atom is -0.469 e. The first kappa shape index (κ1) is 19.9. The van der Waals surface area contributed by atoms with E-state index in [1.165, 1.54) is 0 Å². The maximum atomic E-state index is 12.4. The molecule has 0 unspecified atom stereocenters. The highest BCUT2D eigenvalue weighted by molar-refractivity contribution is 7.10. The summed E-state index contributed by atoms with van der Waals surface area (Å²) < 4.78 is 5.50. The fourth-order valence-corrected chi connectivity index (χ4v) is 4.29. The number of rotatable bonds is 6. The Hall–Kier alpha value is -3.39. The monoisotopic (exact) mass is 423 g/mol. The van der Waals surface area contributed by atoms with Crippen LogP contribution in [0.1, 0.15) is 29.4 Å². The summed E-state index contributed by atoms with van der Waals surface area (Å²) in [6, 6.07) is 14.5. The molecule has 3 amide bonds. The number of hydrogen-bond acceptors (Lipinski definition) is 5. The van der Waals surface area contributed by atoms with Gasteiger partial charge in [0.1, 0.15) is 5.76 Å². The molecule has 4 rings (SSSR count). The molecule has 1 aromatic carbocycles. The summed E-state index contributed by atoms with van der Waals surface area (Å²) in [6.07, 6.45) is 2.93. The van der Waals surface area contributed by atoms with Crippen molar-refractivity contribution < 1.29 is 18.8 Å². The third kappa shape index (κ3) is 4.44. The second-order valence-corrected chi connectivity index (χ2v) is 7.93. The Balaban J connectivity index is 1.38. The van der Waals surface area contributed by atoms with E-state index in [4.69, 9.17) is 4.42 Å². The topological polar surface area (TPSA) is 91.7 Å². The molecular formula is C22H21N3O4S. The van der Waals surface area contributed by atoms with Gasteiger partial charge in [-0.3, -0.25) is 14.4 Å². The predicted octanol–water partition coefficient (Wildman–Crippen LogP) is 3.35. The summed E-state index contributed by atoms with van der Waals surface area (Å²) in [6.45, 7) is 0.899. The van der Waals surface area contributed by atoms with Crippen LogP contribution < -0.4 is 15.5 Å². The number of amides is 3. The van der Waals surface area contributed by atoms with E-state index in [0.29, 0.717) is 24.3 Å². The molecule has 0 radical (unpaired) electrons. The van der Waals surface area contributed by atoms with Crippen LogP contribution in [0.25, 0.3) is 0 Å². The maximum Gasteiger partial charge on any atom is 0.313 e. The van der Waals surface area contributed by atoms with Crippen molar-refractivity contribution in [2.24, 2.45) is 0 Å². The van der Waals surface area contributed by atoms with Gasteiger partial charge in [0.2, 0.25) is 5.91 Å². The molecular weight excluding hydrogens is 402 g/mol. The second-order valence-electron chi connectivity index (χ2n) is 6.95. The molecule has 0 spiro atoms. The molecule has 2 aromatic heterocycles. The quantitative estimate of drug-likeness (QED) is 0.595. The van der Waals surface area contributed by atoms with Crippen LogP contribution in [0.15, 0.2) is 64.6 Å². The number of benzene rings is 1. The van der Waals surface area contributed by atoms with Crippen molar-refractivity contribution in [3.63, 3.8) is 0 Å². The van der Waals surface area contributed by atoms with Gasteiger partial charge in [0.15, 0.2) is 0 Å². The van der Waals surface area contributed by atoms with Crippen LogP contribution in [0.4, 0.5) is 11.4 Å². The lowest BCUT2D eigenvalue weighted by molar-refractivity contribution is -0.136. The zero-order valence-electron chi connectivity index (χ0n) is 16.2. The SMILES string of the molecule is O=C(NC[C@H](c1ccco1)c1cccs1)C(=O)Nc1cccc(N2CCCC2=O)c1. The standard InChI is InChI=1S/C22H21N3O4S/c26-20-9-2-10-25(20)16-6-1-5-15(13-16)24-22(28)21(27)23-14-17(18-7-3-11-29-18)19-8-4-12-30-19/h1,3-8,11-13,17H,2,9-10,14H2,(H,23,27)(H,24,28)/t17-/m1/s1. The van der Waals surface area contributed by atoms with E-state index in [9.17, 15) is 14.4 Å². The first-order valence-corrected chi connectivity index (χ1v) is 10.6. The number of carbonyl (C=O) groups excluding carboxylic acids is 3. The molecule has 8 heteroatoms. The summed E-state index contributed by atoms with van der Waals surface area (Å²) in [4.78, 5) is 39.4. The smallest absolute Gasteiger partial charge is 0.313 e. The molecule has 7 nitrogen and oxygen atoms in total. The van der Waals surface area contributed by atoms with Crippen molar-refractivity contribution in [1.82, 2.24) is 5.32 Å². The Morgan fingerprint density at radius 1 is 1.13 bits per heavy atom. The van der Waals surface area contributed by atoms with Gasteiger partial charge in [-0.1, -0.05) is 12.1 Å². The summed E-state index contributed by atoms with van der Waals surface area (Å²) in [5.41, 5.74) is 1.18. The van der Waals surface area contributed by atoms with E-state index in [0.717, 1.165) is 17.1 Å². The molecule has 0 aliphatic carbocycles. The van der Waals surface area contributed by atoms with Gasteiger partial charge in [0, 0.05) is 35.8 Å². The van der Waals surface area contributed by atoms with Crippen molar-refractivity contribution in [1.29, 1.82) is 0 Å². The van der Waals surface area contributed by atoms with Crippen LogP contribution in [0.2, 0.25) is 0 Å². The van der Waals surface area contributed by atoms with E-state index in [1.807, 2.05) is 29.6 Å². The van der Waals surface area contributed by atoms with Gasteiger partial charge in [-0.15, -0.1) is 11.3 Å². The van der Waals surface area contributed by atoms with Crippen molar-refractivity contribution in [2.45, 2.75) is 18.8 Å². The second kappa shape index (κ2) is 8.96. The predicted molar refractivity (Wildman–Crippen MR) is 115 cm³/mol. The van der Waals surface area contributed by atoms with Crippen molar-refractivity contribution in [3.05, 3.63) is 70.8 Å². The van der Waals surface area contributed by atoms with E-state index in [2.05, 4.69) is 10.6 Å².